The van der Waals surface area contributed by atoms with Gasteiger partial charge in [-0.05, 0) is 18.8 Å². The average molecular weight is 234 g/mol. The third-order valence-corrected chi connectivity index (χ3v) is 4.65. The molecule has 0 amide bonds. The monoisotopic (exact) mass is 234 g/mol. The van der Waals surface area contributed by atoms with Crippen LogP contribution >= 0.6 is 0 Å². The lowest BCUT2D eigenvalue weighted by Crippen LogP contribution is -2.19. The van der Waals surface area contributed by atoms with Gasteiger partial charge in [0.25, 0.3) is 0 Å². The molecule has 90 valence electrons. The van der Waals surface area contributed by atoms with Gasteiger partial charge in [-0.1, -0.05) is 27.2 Å². The van der Waals surface area contributed by atoms with Crippen LogP contribution in [0.5, 0.6) is 0 Å². The molecule has 0 aromatic carbocycles. The Kier molecular flexibility index (Phi) is 7.65. The van der Waals surface area contributed by atoms with Gasteiger partial charge in [-0.2, -0.15) is 0 Å². The zero-order valence-corrected chi connectivity index (χ0v) is 10.7. The standard InChI is InChI=1S/C11H22O3S/c1-9(2)10(3)15(14)8-6-4-5-7-11(12)13/h9-10H,4-8H2,1-3H3,(H,12,13). The van der Waals surface area contributed by atoms with Crippen LogP contribution < -0.4 is 0 Å². The van der Waals surface area contributed by atoms with Crippen molar-refractivity contribution in [1.82, 2.24) is 0 Å². The molecule has 0 aliphatic rings. The molecule has 0 aromatic heterocycles. The second-order valence-corrected chi connectivity index (χ2v) is 6.15. The summed E-state index contributed by atoms with van der Waals surface area (Å²) in [7, 11) is -0.756. The minimum atomic E-state index is -0.756. The molecule has 0 fully saturated rings. The third-order valence-electron chi connectivity index (χ3n) is 2.59. The Hall–Kier alpha value is -0.380. The normalized spacial score (nSPS) is 15.2. The number of carboxylic acids is 1. The first-order chi connectivity index (χ1) is 6.95. The highest BCUT2D eigenvalue weighted by Gasteiger charge is 2.14. The molecule has 0 bridgehead atoms. The molecule has 0 aliphatic heterocycles. The minimum absolute atomic E-state index is 0.229. The molecule has 2 unspecified atom stereocenters. The maximum atomic E-state index is 11.7. The van der Waals surface area contributed by atoms with Crippen LogP contribution in [0.2, 0.25) is 0 Å². The first-order valence-corrected chi connectivity index (χ1v) is 6.92. The molecule has 15 heavy (non-hydrogen) atoms. The summed E-state index contributed by atoms with van der Waals surface area (Å²) >= 11 is 0. The third kappa shape index (κ3) is 7.54. The summed E-state index contributed by atoms with van der Waals surface area (Å²) in [6.07, 6.45) is 2.66. The fraction of sp³-hybridized carbons (Fsp3) is 0.909. The van der Waals surface area contributed by atoms with Crippen molar-refractivity contribution in [2.24, 2.45) is 5.92 Å². The van der Waals surface area contributed by atoms with E-state index in [0.717, 1.165) is 12.8 Å². The summed E-state index contributed by atoms with van der Waals surface area (Å²) in [4.78, 5) is 10.2. The fourth-order valence-electron chi connectivity index (χ4n) is 1.19. The van der Waals surface area contributed by atoms with E-state index in [2.05, 4.69) is 13.8 Å². The van der Waals surface area contributed by atoms with Gasteiger partial charge in [-0.3, -0.25) is 9.00 Å². The summed E-state index contributed by atoms with van der Waals surface area (Å²) in [6, 6.07) is 0. The Bertz CT molecular complexity index is 214. The van der Waals surface area contributed by atoms with E-state index in [-0.39, 0.29) is 11.7 Å². The molecule has 0 heterocycles. The van der Waals surface area contributed by atoms with Gasteiger partial charge in [-0.15, -0.1) is 0 Å². The van der Waals surface area contributed by atoms with E-state index in [1.54, 1.807) is 0 Å². The number of carbonyl (C=O) groups is 1. The zero-order valence-electron chi connectivity index (χ0n) is 9.86. The van der Waals surface area contributed by atoms with Crippen molar-refractivity contribution in [2.75, 3.05) is 5.75 Å². The van der Waals surface area contributed by atoms with Crippen LogP contribution in [0, 0.1) is 5.92 Å². The van der Waals surface area contributed by atoms with Crippen LogP contribution in [-0.2, 0) is 15.6 Å². The molecule has 0 aromatic rings. The molecule has 0 aliphatic carbocycles. The van der Waals surface area contributed by atoms with Crippen LogP contribution in [0.25, 0.3) is 0 Å². The van der Waals surface area contributed by atoms with Gasteiger partial charge in [0.15, 0.2) is 0 Å². The molecule has 1 N–H and O–H groups in total. The fourth-order valence-corrected chi connectivity index (χ4v) is 2.65. The molecule has 0 rings (SSSR count). The van der Waals surface area contributed by atoms with Crippen LogP contribution in [0.3, 0.4) is 0 Å². The van der Waals surface area contributed by atoms with Crippen LogP contribution in [0.15, 0.2) is 0 Å². The SMILES string of the molecule is CC(C)C(C)S(=O)CCCCCC(=O)O. The van der Waals surface area contributed by atoms with Crippen molar-refractivity contribution in [3.63, 3.8) is 0 Å². The molecular formula is C11H22O3S. The van der Waals surface area contributed by atoms with E-state index < -0.39 is 16.8 Å². The Morgan fingerprint density at radius 1 is 1.20 bits per heavy atom. The first kappa shape index (κ1) is 14.6. The van der Waals surface area contributed by atoms with Crippen molar-refractivity contribution in [3.05, 3.63) is 0 Å². The predicted molar refractivity (Wildman–Crippen MR) is 63.4 cm³/mol. The molecule has 0 saturated carbocycles. The summed E-state index contributed by atoms with van der Waals surface area (Å²) in [5.74, 6) is 0.412. The summed E-state index contributed by atoms with van der Waals surface area (Å²) < 4.78 is 11.7. The Balaban J connectivity index is 3.51. The number of unbranched alkanes of at least 4 members (excludes halogenated alkanes) is 2. The average Bonchev–Trinajstić information content (AvgIpc) is 2.15. The van der Waals surface area contributed by atoms with Crippen molar-refractivity contribution in [2.45, 2.75) is 51.7 Å². The molecule has 4 heteroatoms. The van der Waals surface area contributed by atoms with E-state index in [4.69, 9.17) is 5.11 Å². The summed E-state index contributed by atoms with van der Waals surface area (Å²) in [5, 5.41) is 8.66. The molecule has 0 spiro atoms. The smallest absolute Gasteiger partial charge is 0.303 e. The topological polar surface area (TPSA) is 54.4 Å². The Labute approximate surface area is 94.7 Å². The Morgan fingerprint density at radius 2 is 1.80 bits per heavy atom. The van der Waals surface area contributed by atoms with E-state index in [1.807, 2.05) is 6.92 Å². The van der Waals surface area contributed by atoms with Gasteiger partial charge < -0.3 is 5.11 Å². The summed E-state index contributed by atoms with van der Waals surface area (Å²) in [5.41, 5.74) is 0. The number of rotatable bonds is 8. The van der Waals surface area contributed by atoms with Gasteiger partial charge in [0.1, 0.15) is 0 Å². The number of hydrogen-bond donors (Lipinski definition) is 1. The highest BCUT2D eigenvalue weighted by Crippen LogP contribution is 2.11. The lowest BCUT2D eigenvalue weighted by atomic mass is 10.2. The highest BCUT2D eigenvalue weighted by atomic mass is 32.2. The lowest BCUT2D eigenvalue weighted by Gasteiger charge is -2.14. The minimum Gasteiger partial charge on any atom is -0.481 e. The van der Waals surface area contributed by atoms with Crippen molar-refractivity contribution in [3.8, 4) is 0 Å². The maximum absolute atomic E-state index is 11.7. The van der Waals surface area contributed by atoms with Gasteiger partial charge in [0, 0.05) is 28.2 Å². The maximum Gasteiger partial charge on any atom is 0.303 e. The van der Waals surface area contributed by atoms with Crippen LogP contribution in [0.1, 0.15) is 46.5 Å². The molecular weight excluding hydrogens is 212 g/mol. The van der Waals surface area contributed by atoms with Gasteiger partial charge in [0.05, 0.1) is 0 Å². The van der Waals surface area contributed by atoms with Crippen molar-refractivity contribution in [1.29, 1.82) is 0 Å². The molecule has 2 atom stereocenters. The van der Waals surface area contributed by atoms with Crippen LogP contribution in [-0.4, -0.2) is 26.3 Å². The summed E-state index contributed by atoms with van der Waals surface area (Å²) in [6.45, 7) is 6.16. The quantitative estimate of drug-likeness (QED) is 0.656. The van der Waals surface area contributed by atoms with Gasteiger partial charge in [0.2, 0.25) is 0 Å². The van der Waals surface area contributed by atoms with Crippen molar-refractivity contribution < 1.29 is 14.1 Å². The van der Waals surface area contributed by atoms with Crippen molar-refractivity contribution >= 4 is 16.8 Å². The van der Waals surface area contributed by atoms with Crippen LogP contribution in [0.4, 0.5) is 0 Å². The second kappa shape index (κ2) is 7.85. The van der Waals surface area contributed by atoms with E-state index in [1.165, 1.54) is 0 Å². The number of hydrogen-bond acceptors (Lipinski definition) is 2. The van der Waals surface area contributed by atoms with E-state index in [0.29, 0.717) is 18.1 Å². The predicted octanol–water partition coefficient (Wildman–Crippen LogP) is 2.42. The van der Waals surface area contributed by atoms with Gasteiger partial charge in [-0.25, -0.2) is 0 Å². The zero-order chi connectivity index (χ0) is 11.8. The van der Waals surface area contributed by atoms with E-state index in [9.17, 15) is 9.00 Å². The largest absolute Gasteiger partial charge is 0.481 e. The lowest BCUT2D eigenvalue weighted by molar-refractivity contribution is -0.137. The molecule has 0 radical (unpaired) electrons. The molecule has 3 nitrogen and oxygen atoms in total. The molecule has 0 saturated heterocycles. The first-order valence-electron chi connectivity index (χ1n) is 5.54. The number of aliphatic carboxylic acids is 1. The van der Waals surface area contributed by atoms with Gasteiger partial charge >= 0.3 is 5.97 Å². The highest BCUT2D eigenvalue weighted by molar-refractivity contribution is 7.85. The van der Waals surface area contributed by atoms with E-state index >= 15 is 0 Å². The number of carboxylic acid groups (broad SMARTS) is 1. The Morgan fingerprint density at radius 3 is 2.27 bits per heavy atom. The second-order valence-electron chi connectivity index (χ2n) is 4.24.